The predicted molar refractivity (Wildman–Crippen MR) is 80.8 cm³/mol. The Kier molecular flexibility index (Phi) is 4.31. The maximum absolute atomic E-state index is 12.3. The van der Waals surface area contributed by atoms with E-state index in [2.05, 4.69) is 29.8 Å². The van der Waals surface area contributed by atoms with Crippen molar-refractivity contribution in [2.45, 2.75) is 32.7 Å². The average Bonchev–Trinajstić information content (AvgIpc) is 2.32. The molecule has 0 aromatic heterocycles. The van der Waals surface area contributed by atoms with E-state index >= 15 is 0 Å². The third-order valence-corrected chi connectivity index (χ3v) is 4.40. The highest BCUT2D eigenvalue weighted by molar-refractivity contribution is 9.10. The SMILES string of the molecule is CC1(C)CN(C(=O)Cc2cccc(Br)c2)CCC1N. The van der Waals surface area contributed by atoms with Crippen molar-refractivity contribution in [1.82, 2.24) is 4.90 Å². The van der Waals surface area contributed by atoms with Crippen LogP contribution < -0.4 is 5.73 Å². The summed E-state index contributed by atoms with van der Waals surface area (Å²) in [6, 6.07) is 8.10. The highest BCUT2D eigenvalue weighted by atomic mass is 79.9. The van der Waals surface area contributed by atoms with E-state index in [1.165, 1.54) is 0 Å². The van der Waals surface area contributed by atoms with Crippen LogP contribution in [0.5, 0.6) is 0 Å². The first-order valence-electron chi connectivity index (χ1n) is 6.66. The van der Waals surface area contributed by atoms with Crippen LogP contribution >= 0.6 is 15.9 Å². The molecule has 1 atom stereocenters. The highest BCUT2D eigenvalue weighted by Crippen LogP contribution is 2.28. The van der Waals surface area contributed by atoms with E-state index < -0.39 is 0 Å². The first kappa shape index (κ1) is 14.5. The van der Waals surface area contributed by atoms with Gasteiger partial charge >= 0.3 is 0 Å². The monoisotopic (exact) mass is 324 g/mol. The van der Waals surface area contributed by atoms with Gasteiger partial charge in [0.25, 0.3) is 0 Å². The number of hydrogen-bond acceptors (Lipinski definition) is 2. The second kappa shape index (κ2) is 5.63. The Bertz CT molecular complexity index is 473. The fraction of sp³-hybridized carbons (Fsp3) is 0.533. The molecule has 1 heterocycles. The van der Waals surface area contributed by atoms with E-state index in [1.807, 2.05) is 29.2 Å². The van der Waals surface area contributed by atoms with Gasteiger partial charge in [0, 0.05) is 23.6 Å². The van der Waals surface area contributed by atoms with Crippen LogP contribution in [-0.4, -0.2) is 29.9 Å². The number of nitrogens with two attached hydrogens (primary N) is 1. The molecule has 2 N–H and O–H groups in total. The summed E-state index contributed by atoms with van der Waals surface area (Å²) in [4.78, 5) is 14.3. The largest absolute Gasteiger partial charge is 0.342 e. The molecule has 1 fully saturated rings. The Morgan fingerprint density at radius 1 is 1.53 bits per heavy atom. The van der Waals surface area contributed by atoms with Gasteiger partial charge in [0.05, 0.1) is 6.42 Å². The predicted octanol–water partition coefficient (Wildman–Crippen LogP) is 2.58. The molecule has 1 unspecified atom stereocenters. The lowest BCUT2D eigenvalue weighted by molar-refractivity contribution is -0.133. The molecule has 4 heteroatoms. The third-order valence-electron chi connectivity index (χ3n) is 3.91. The minimum atomic E-state index is 0.00514. The molecule has 1 aromatic carbocycles. The van der Waals surface area contributed by atoms with Gasteiger partial charge in [-0.2, -0.15) is 0 Å². The fourth-order valence-electron chi connectivity index (χ4n) is 2.52. The van der Waals surface area contributed by atoms with E-state index in [-0.39, 0.29) is 17.4 Å². The number of rotatable bonds is 2. The van der Waals surface area contributed by atoms with Gasteiger partial charge in [-0.15, -0.1) is 0 Å². The molecule has 2 rings (SSSR count). The van der Waals surface area contributed by atoms with Crippen LogP contribution in [0.1, 0.15) is 25.8 Å². The van der Waals surface area contributed by atoms with Crippen LogP contribution in [0.4, 0.5) is 0 Å². The Balaban J connectivity index is 2.01. The summed E-state index contributed by atoms with van der Waals surface area (Å²) in [5.74, 6) is 0.193. The van der Waals surface area contributed by atoms with Crippen molar-refractivity contribution in [3.63, 3.8) is 0 Å². The molecule has 1 saturated heterocycles. The number of carbonyl (C=O) groups excluding carboxylic acids is 1. The van der Waals surface area contributed by atoms with E-state index in [0.717, 1.165) is 29.5 Å². The number of carbonyl (C=O) groups is 1. The Morgan fingerprint density at radius 3 is 2.89 bits per heavy atom. The number of benzene rings is 1. The van der Waals surface area contributed by atoms with Gasteiger partial charge in [-0.1, -0.05) is 41.9 Å². The molecule has 0 spiro atoms. The summed E-state index contributed by atoms with van der Waals surface area (Å²) in [6.45, 7) is 5.80. The van der Waals surface area contributed by atoms with Gasteiger partial charge in [0.1, 0.15) is 0 Å². The minimum Gasteiger partial charge on any atom is -0.342 e. The van der Waals surface area contributed by atoms with Gasteiger partial charge in [0.2, 0.25) is 5.91 Å². The lowest BCUT2D eigenvalue weighted by Crippen LogP contribution is -2.54. The molecule has 0 bridgehead atoms. The summed E-state index contributed by atoms with van der Waals surface area (Å²) in [5, 5.41) is 0. The quantitative estimate of drug-likeness (QED) is 0.908. The molecule has 1 aliphatic heterocycles. The van der Waals surface area contributed by atoms with Gasteiger partial charge in [-0.3, -0.25) is 4.79 Å². The Morgan fingerprint density at radius 2 is 2.26 bits per heavy atom. The number of likely N-dealkylation sites (tertiary alicyclic amines) is 1. The zero-order chi connectivity index (χ0) is 14.0. The lowest BCUT2D eigenvalue weighted by Gasteiger charge is -2.42. The fourth-order valence-corrected chi connectivity index (χ4v) is 2.97. The zero-order valence-corrected chi connectivity index (χ0v) is 13.1. The number of hydrogen-bond donors (Lipinski definition) is 1. The third kappa shape index (κ3) is 3.57. The molecule has 0 saturated carbocycles. The molecule has 3 nitrogen and oxygen atoms in total. The van der Waals surface area contributed by atoms with Crippen molar-refractivity contribution >= 4 is 21.8 Å². The van der Waals surface area contributed by atoms with Gasteiger partial charge in [-0.25, -0.2) is 0 Å². The Hall–Kier alpha value is -0.870. The molecule has 0 aliphatic carbocycles. The van der Waals surface area contributed by atoms with Crippen molar-refractivity contribution in [3.05, 3.63) is 34.3 Å². The number of nitrogens with zero attached hydrogens (tertiary/aromatic N) is 1. The minimum absolute atomic E-state index is 0.00514. The summed E-state index contributed by atoms with van der Waals surface area (Å²) in [5.41, 5.74) is 7.16. The number of halogens is 1. The number of amides is 1. The smallest absolute Gasteiger partial charge is 0.227 e. The molecule has 104 valence electrons. The molecule has 1 aromatic rings. The average molecular weight is 325 g/mol. The normalized spacial score (nSPS) is 22.3. The molecular formula is C15H21BrN2O. The van der Waals surface area contributed by atoms with Crippen LogP contribution in [-0.2, 0) is 11.2 Å². The standard InChI is InChI=1S/C15H21BrN2O/c1-15(2)10-18(7-6-13(15)17)14(19)9-11-4-3-5-12(16)8-11/h3-5,8,13H,6-7,9-10,17H2,1-2H3. The number of piperidine rings is 1. The first-order chi connectivity index (χ1) is 8.88. The van der Waals surface area contributed by atoms with Crippen molar-refractivity contribution in [1.29, 1.82) is 0 Å². The van der Waals surface area contributed by atoms with E-state index in [9.17, 15) is 4.79 Å². The van der Waals surface area contributed by atoms with Crippen molar-refractivity contribution in [3.8, 4) is 0 Å². The Labute approximate surface area is 123 Å². The molecule has 1 amide bonds. The lowest BCUT2D eigenvalue weighted by atomic mass is 9.79. The molecule has 19 heavy (non-hydrogen) atoms. The second-order valence-corrected chi connectivity index (χ2v) is 6.92. The molecule has 0 radical (unpaired) electrons. The van der Waals surface area contributed by atoms with Gasteiger partial charge in [-0.05, 0) is 29.5 Å². The van der Waals surface area contributed by atoms with Crippen LogP contribution in [0.3, 0.4) is 0 Å². The van der Waals surface area contributed by atoms with Crippen LogP contribution in [0, 0.1) is 5.41 Å². The summed E-state index contributed by atoms with van der Waals surface area (Å²) in [6.07, 6.45) is 1.35. The van der Waals surface area contributed by atoms with E-state index in [0.29, 0.717) is 6.42 Å². The summed E-state index contributed by atoms with van der Waals surface area (Å²) >= 11 is 3.43. The van der Waals surface area contributed by atoms with Crippen molar-refractivity contribution < 1.29 is 4.79 Å². The maximum Gasteiger partial charge on any atom is 0.227 e. The van der Waals surface area contributed by atoms with Gasteiger partial charge in [0.15, 0.2) is 0 Å². The van der Waals surface area contributed by atoms with Crippen LogP contribution in [0.2, 0.25) is 0 Å². The van der Waals surface area contributed by atoms with Crippen molar-refractivity contribution in [2.75, 3.05) is 13.1 Å². The first-order valence-corrected chi connectivity index (χ1v) is 7.45. The maximum atomic E-state index is 12.3. The summed E-state index contributed by atoms with van der Waals surface area (Å²) < 4.78 is 1.01. The van der Waals surface area contributed by atoms with E-state index in [1.54, 1.807) is 0 Å². The van der Waals surface area contributed by atoms with E-state index in [4.69, 9.17) is 5.73 Å². The topological polar surface area (TPSA) is 46.3 Å². The van der Waals surface area contributed by atoms with Crippen molar-refractivity contribution in [2.24, 2.45) is 11.1 Å². The zero-order valence-electron chi connectivity index (χ0n) is 11.5. The molecule has 1 aliphatic rings. The van der Waals surface area contributed by atoms with Gasteiger partial charge < -0.3 is 10.6 Å². The van der Waals surface area contributed by atoms with Crippen LogP contribution in [0.25, 0.3) is 0 Å². The molecular weight excluding hydrogens is 304 g/mol. The highest BCUT2D eigenvalue weighted by Gasteiger charge is 2.35. The van der Waals surface area contributed by atoms with Crippen LogP contribution in [0.15, 0.2) is 28.7 Å². The second-order valence-electron chi connectivity index (χ2n) is 6.01. The summed E-state index contributed by atoms with van der Waals surface area (Å²) in [7, 11) is 0.